The summed E-state index contributed by atoms with van der Waals surface area (Å²) < 4.78 is 0. The average molecular weight is 332 g/mol. The molecule has 1 fully saturated rings. The minimum absolute atomic E-state index is 0.0435. The monoisotopic (exact) mass is 332 g/mol. The Morgan fingerprint density at radius 1 is 1.39 bits per heavy atom. The van der Waals surface area contributed by atoms with Crippen molar-refractivity contribution >= 4 is 17.2 Å². The van der Waals surface area contributed by atoms with Crippen molar-refractivity contribution in [3.8, 4) is 11.3 Å². The molecule has 2 aromatic rings. The highest BCUT2D eigenvalue weighted by Crippen LogP contribution is 2.30. The summed E-state index contributed by atoms with van der Waals surface area (Å²) in [6, 6.07) is 9.67. The molecule has 1 saturated heterocycles. The van der Waals surface area contributed by atoms with Crippen LogP contribution >= 0.6 is 11.3 Å². The van der Waals surface area contributed by atoms with Gasteiger partial charge in [0.15, 0.2) is 0 Å². The third-order valence-electron chi connectivity index (χ3n) is 4.22. The summed E-state index contributed by atoms with van der Waals surface area (Å²) in [4.78, 5) is 19.7. The van der Waals surface area contributed by atoms with Gasteiger partial charge in [-0.25, -0.2) is 4.98 Å². The van der Waals surface area contributed by atoms with Gasteiger partial charge < -0.3 is 15.1 Å². The van der Waals surface area contributed by atoms with Gasteiger partial charge in [0.05, 0.1) is 16.8 Å². The lowest BCUT2D eigenvalue weighted by Crippen LogP contribution is -2.47. The fraction of sp³-hybridized carbons (Fsp3) is 0.412. The van der Waals surface area contributed by atoms with Crippen molar-refractivity contribution in [2.45, 2.75) is 19.4 Å². The summed E-state index contributed by atoms with van der Waals surface area (Å²) in [5.74, 6) is -0.235. The second-order valence-electron chi connectivity index (χ2n) is 5.83. The zero-order valence-corrected chi connectivity index (χ0v) is 13.8. The van der Waals surface area contributed by atoms with Crippen LogP contribution in [0.15, 0.2) is 30.3 Å². The molecule has 6 heteroatoms. The molecule has 1 aliphatic heterocycles. The number of hydrogen-bond donors (Lipinski definition) is 2. The summed E-state index contributed by atoms with van der Waals surface area (Å²) in [5.41, 5.74) is 1.63. The largest absolute Gasteiger partial charge is 0.396 e. The van der Waals surface area contributed by atoms with Crippen molar-refractivity contribution in [1.82, 2.24) is 9.88 Å². The van der Waals surface area contributed by atoms with Crippen molar-refractivity contribution in [2.75, 3.05) is 19.7 Å². The van der Waals surface area contributed by atoms with Crippen LogP contribution in [0.3, 0.4) is 0 Å². The number of β-amino-alcohol motifs (C(OH)–C–C–N with tert-alkyl or cyclic N) is 1. The first-order valence-corrected chi connectivity index (χ1v) is 8.53. The maximum atomic E-state index is 12.9. The van der Waals surface area contributed by atoms with E-state index in [1.54, 1.807) is 4.90 Å². The molecule has 2 heterocycles. The summed E-state index contributed by atoms with van der Waals surface area (Å²) in [6.45, 7) is 2.65. The molecule has 2 N–H and O–H groups in total. The molecular weight excluding hydrogens is 312 g/mol. The number of piperidine rings is 1. The topological polar surface area (TPSA) is 73.7 Å². The number of aliphatic hydroxyl groups is 2. The number of aromatic nitrogens is 1. The van der Waals surface area contributed by atoms with Crippen LogP contribution in [-0.4, -0.2) is 51.8 Å². The predicted molar refractivity (Wildman–Crippen MR) is 89.4 cm³/mol. The number of benzene rings is 1. The first-order chi connectivity index (χ1) is 11.1. The van der Waals surface area contributed by atoms with Crippen molar-refractivity contribution in [3.05, 3.63) is 40.2 Å². The standard InChI is InChI=1S/C17H20N2O3S/c1-11-18-15(12-5-3-2-4-6-12)16(23-11)17(22)19-8-7-13(10-20)14(21)9-19/h2-6,13-14,20-21H,7-10H2,1H3/t13-,14+/m0/s1. The third-order valence-corrected chi connectivity index (χ3v) is 5.18. The lowest BCUT2D eigenvalue weighted by molar-refractivity contribution is 0.00108. The fourth-order valence-electron chi connectivity index (χ4n) is 2.88. The van der Waals surface area contributed by atoms with Gasteiger partial charge in [-0.05, 0) is 13.3 Å². The Balaban J connectivity index is 1.86. The molecule has 0 aliphatic carbocycles. The Morgan fingerprint density at radius 3 is 2.78 bits per heavy atom. The Labute approximate surface area is 139 Å². The van der Waals surface area contributed by atoms with Gasteiger partial charge >= 0.3 is 0 Å². The van der Waals surface area contributed by atoms with Crippen LogP contribution in [0.5, 0.6) is 0 Å². The van der Waals surface area contributed by atoms with E-state index in [2.05, 4.69) is 4.98 Å². The van der Waals surface area contributed by atoms with Crippen LogP contribution in [0.4, 0.5) is 0 Å². The number of amides is 1. The van der Waals surface area contributed by atoms with E-state index < -0.39 is 6.10 Å². The molecule has 0 bridgehead atoms. The van der Waals surface area contributed by atoms with Gasteiger partial charge in [-0.15, -0.1) is 11.3 Å². The molecule has 1 aliphatic rings. The molecular formula is C17H20N2O3S. The Hall–Kier alpha value is -1.76. The zero-order chi connectivity index (χ0) is 16.4. The van der Waals surface area contributed by atoms with E-state index in [1.807, 2.05) is 37.3 Å². The average Bonchev–Trinajstić information content (AvgIpc) is 2.96. The van der Waals surface area contributed by atoms with Gasteiger partial charge in [-0.2, -0.15) is 0 Å². The van der Waals surface area contributed by atoms with Crippen molar-refractivity contribution in [1.29, 1.82) is 0 Å². The highest BCUT2D eigenvalue weighted by molar-refractivity contribution is 7.14. The number of likely N-dealkylation sites (tertiary alicyclic amines) is 1. The molecule has 1 aromatic heterocycles. The van der Waals surface area contributed by atoms with Crippen molar-refractivity contribution in [2.24, 2.45) is 5.92 Å². The van der Waals surface area contributed by atoms with E-state index in [-0.39, 0.29) is 25.0 Å². The smallest absolute Gasteiger partial charge is 0.266 e. The lowest BCUT2D eigenvalue weighted by Gasteiger charge is -2.34. The molecule has 2 atom stereocenters. The van der Waals surface area contributed by atoms with Crippen LogP contribution < -0.4 is 0 Å². The SMILES string of the molecule is Cc1nc(-c2ccccc2)c(C(=O)N2CC[C@@H](CO)[C@H](O)C2)s1. The minimum Gasteiger partial charge on any atom is -0.396 e. The molecule has 0 spiro atoms. The number of aliphatic hydroxyl groups excluding tert-OH is 2. The second-order valence-corrected chi connectivity index (χ2v) is 7.03. The van der Waals surface area contributed by atoms with E-state index in [9.17, 15) is 15.0 Å². The number of aryl methyl sites for hydroxylation is 1. The van der Waals surface area contributed by atoms with Gasteiger partial charge in [-0.3, -0.25) is 4.79 Å². The van der Waals surface area contributed by atoms with Crippen molar-refractivity contribution < 1.29 is 15.0 Å². The highest BCUT2D eigenvalue weighted by atomic mass is 32.1. The quantitative estimate of drug-likeness (QED) is 0.901. The maximum absolute atomic E-state index is 12.9. The summed E-state index contributed by atoms with van der Waals surface area (Å²) in [7, 11) is 0. The first kappa shape index (κ1) is 16.1. The Kier molecular flexibility index (Phi) is 4.75. The molecule has 0 radical (unpaired) electrons. The van der Waals surface area contributed by atoms with Gasteiger partial charge in [0.25, 0.3) is 5.91 Å². The normalized spacial score (nSPS) is 21.4. The Bertz CT molecular complexity index is 686. The number of hydrogen-bond acceptors (Lipinski definition) is 5. The molecule has 23 heavy (non-hydrogen) atoms. The lowest BCUT2D eigenvalue weighted by atomic mass is 9.94. The predicted octanol–water partition coefficient (Wildman–Crippen LogP) is 1.93. The van der Waals surface area contributed by atoms with Gasteiger partial charge in [0.1, 0.15) is 4.88 Å². The second kappa shape index (κ2) is 6.78. The number of nitrogens with zero attached hydrogens (tertiary/aromatic N) is 2. The highest BCUT2D eigenvalue weighted by Gasteiger charge is 2.32. The van der Waals surface area contributed by atoms with E-state index in [4.69, 9.17) is 0 Å². The maximum Gasteiger partial charge on any atom is 0.266 e. The minimum atomic E-state index is -0.674. The van der Waals surface area contributed by atoms with Crippen LogP contribution in [-0.2, 0) is 0 Å². The molecule has 3 rings (SSSR count). The van der Waals surface area contributed by atoms with Crippen LogP contribution in [0.25, 0.3) is 11.3 Å². The third kappa shape index (κ3) is 3.29. The number of thiazole rings is 1. The number of carbonyl (C=O) groups excluding carboxylic acids is 1. The summed E-state index contributed by atoms with van der Waals surface area (Å²) in [5, 5.41) is 20.1. The number of rotatable bonds is 3. The zero-order valence-electron chi connectivity index (χ0n) is 13.0. The van der Waals surface area contributed by atoms with Gasteiger partial charge in [0, 0.05) is 31.2 Å². The Morgan fingerprint density at radius 2 is 2.13 bits per heavy atom. The van der Waals surface area contributed by atoms with E-state index >= 15 is 0 Å². The fourth-order valence-corrected chi connectivity index (χ4v) is 3.79. The molecule has 0 unspecified atom stereocenters. The molecule has 5 nitrogen and oxygen atoms in total. The molecule has 0 saturated carbocycles. The number of carbonyl (C=O) groups is 1. The summed E-state index contributed by atoms with van der Waals surface area (Å²) in [6.07, 6.45) is -0.0612. The molecule has 1 amide bonds. The van der Waals surface area contributed by atoms with Gasteiger partial charge in [0.2, 0.25) is 0 Å². The van der Waals surface area contributed by atoms with E-state index in [1.165, 1.54) is 11.3 Å². The summed E-state index contributed by atoms with van der Waals surface area (Å²) >= 11 is 1.39. The van der Waals surface area contributed by atoms with Crippen LogP contribution in [0, 0.1) is 12.8 Å². The van der Waals surface area contributed by atoms with E-state index in [0.717, 1.165) is 10.6 Å². The van der Waals surface area contributed by atoms with Crippen molar-refractivity contribution in [3.63, 3.8) is 0 Å². The van der Waals surface area contributed by atoms with Crippen LogP contribution in [0.1, 0.15) is 21.1 Å². The first-order valence-electron chi connectivity index (χ1n) is 7.71. The van der Waals surface area contributed by atoms with Gasteiger partial charge in [-0.1, -0.05) is 30.3 Å². The van der Waals surface area contributed by atoms with E-state index in [0.29, 0.717) is 23.5 Å². The van der Waals surface area contributed by atoms with Crippen LogP contribution in [0.2, 0.25) is 0 Å². The molecule has 1 aromatic carbocycles. The molecule has 122 valence electrons.